The van der Waals surface area contributed by atoms with E-state index in [1.807, 2.05) is 0 Å². The summed E-state index contributed by atoms with van der Waals surface area (Å²) < 4.78 is 0. The molecule has 4 heteroatoms. The lowest BCUT2D eigenvalue weighted by Crippen LogP contribution is -2.32. The molecule has 1 rings (SSSR count). The molecule has 0 aromatic carbocycles. The van der Waals surface area contributed by atoms with Gasteiger partial charge in [0.2, 0.25) is 5.91 Å². The zero-order valence-corrected chi connectivity index (χ0v) is 7.92. The van der Waals surface area contributed by atoms with Gasteiger partial charge in [0.05, 0.1) is 6.10 Å². The number of likely N-dealkylation sites (tertiary alicyclic amines) is 1. The Kier molecular flexibility index (Phi) is 3.35. The molecule has 1 heterocycles. The van der Waals surface area contributed by atoms with Gasteiger partial charge >= 0.3 is 0 Å². The fourth-order valence-corrected chi connectivity index (χ4v) is 1.66. The van der Waals surface area contributed by atoms with Crippen molar-refractivity contribution in [3.8, 4) is 0 Å². The van der Waals surface area contributed by atoms with Gasteiger partial charge in [0, 0.05) is 25.4 Å². The Bertz CT molecular complexity index is 172. The molecule has 0 aromatic rings. The molecular weight excluding hydrogens is 178 g/mol. The quantitative estimate of drug-likeness (QED) is 0.659. The van der Waals surface area contributed by atoms with Crippen molar-refractivity contribution < 1.29 is 9.90 Å². The molecule has 1 saturated heterocycles. The fourth-order valence-electron chi connectivity index (χ4n) is 1.45. The molecule has 1 aliphatic rings. The molecule has 1 N–H and O–H groups in total. The predicted molar refractivity (Wildman–Crippen MR) is 47.1 cm³/mol. The van der Waals surface area contributed by atoms with Crippen LogP contribution in [0.15, 0.2) is 0 Å². The Morgan fingerprint density at radius 3 is 2.92 bits per heavy atom. The highest BCUT2D eigenvalue weighted by molar-refractivity contribution is 6.18. The number of halogens is 1. The van der Waals surface area contributed by atoms with Crippen molar-refractivity contribution in [3.63, 3.8) is 0 Å². The standard InChI is InChI=1S/C8H14ClNO2/c1-6(11)4-10-5-7(3-9)2-8(10)12/h6-7,11H,2-5H2,1H3/t6-,7?/m0/s1. The van der Waals surface area contributed by atoms with Crippen LogP contribution in [0.1, 0.15) is 13.3 Å². The molecule has 1 fully saturated rings. The van der Waals surface area contributed by atoms with Crippen LogP contribution in [0.4, 0.5) is 0 Å². The number of nitrogens with zero attached hydrogens (tertiary/aromatic N) is 1. The molecule has 0 bridgehead atoms. The molecule has 0 aliphatic carbocycles. The van der Waals surface area contributed by atoms with Crippen molar-refractivity contribution in [1.29, 1.82) is 0 Å². The third-order valence-electron chi connectivity index (χ3n) is 2.00. The summed E-state index contributed by atoms with van der Waals surface area (Å²) in [5.41, 5.74) is 0. The number of carbonyl (C=O) groups excluding carboxylic acids is 1. The van der Waals surface area contributed by atoms with E-state index >= 15 is 0 Å². The van der Waals surface area contributed by atoms with Gasteiger partial charge in [-0.3, -0.25) is 4.79 Å². The van der Waals surface area contributed by atoms with Crippen LogP contribution in [-0.2, 0) is 4.79 Å². The summed E-state index contributed by atoms with van der Waals surface area (Å²) in [5, 5.41) is 9.06. The first kappa shape index (κ1) is 9.81. The van der Waals surface area contributed by atoms with E-state index in [0.717, 1.165) is 0 Å². The van der Waals surface area contributed by atoms with Gasteiger partial charge in [-0.2, -0.15) is 0 Å². The van der Waals surface area contributed by atoms with Gasteiger partial charge in [-0.15, -0.1) is 11.6 Å². The number of hydrogen-bond acceptors (Lipinski definition) is 2. The topological polar surface area (TPSA) is 40.5 Å². The minimum Gasteiger partial charge on any atom is -0.392 e. The summed E-state index contributed by atoms with van der Waals surface area (Å²) >= 11 is 5.63. The van der Waals surface area contributed by atoms with Crippen molar-refractivity contribution >= 4 is 17.5 Å². The summed E-state index contributed by atoms with van der Waals surface area (Å²) in [4.78, 5) is 12.9. The highest BCUT2D eigenvalue weighted by Crippen LogP contribution is 2.18. The summed E-state index contributed by atoms with van der Waals surface area (Å²) in [6.07, 6.45) is 0.0963. The average molecular weight is 192 g/mol. The van der Waals surface area contributed by atoms with Crippen molar-refractivity contribution in [1.82, 2.24) is 4.90 Å². The molecule has 70 valence electrons. The predicted octanol–water partition coefficient (Wildman–Crippen LogP) is 0.455. The molecular formula is C8H14ClNO2. The Labute approximate surface area is 77.3 Å². The number of hydrogen-bond donors (Lipinski definition) is 1. The Morgan fingerprint density at radius 1 is 1.83 bits per heavy atom. The van der Waals surface area contributed by atoms with Gasteiger partial charge in [-0.25, -0.2) is 0 Å². The second kappa shape index (κ2) is 4.10. The first-order valence-corrected chi connectivity index (χ1v) is 4.68. The van der Waals surface area contributed by atoms with Gasteiger partial charge in [-0.1, -0.05) is 0 Å². The largest absolute Gasteiger partial charge is 0.392 e. The lowest BCUT2D eigenvalue weighted by Gasteiger charge is -2.17. The zero-order chi connectivity index (χ0) is 9.14. The van der Waals surface area contributed by atoms with Gasteiger partial charge in [0.1, 0.15) is 0 Å². The summed E-state index contributed by atoms with van der Waals surface area (Å²) in [6, 6.07) is 0. The van der Waals surface area contributed by atoms with Crippen LogP contribution in [0, 0.1) is 5.92 Å². The second-order valence-corrected chi connectivity index (χ2v) is 3.68. The molecule has 2 atom stereocenters. The van der Waals surface area contributed by atoms with Gasteiger partial charge < -0.3 is 10.0 Å². The smallest absolute Gasteiger partial charge is 0.223 e. The van der Waals surface area contributed by atoms with Crippen LogP contribution in [-0.4, -0.2) is 41.0 Å². The van der Waals surface area contributed by atoms with E-state index in [1.54, 1.807) is 11.8 Å². The maximum atomic E-state index is 11.2. The van der Waals surface area contributed by atoms with E-state index in [1.165, 1.54) is 0 Å². The van der Waals surface area contributed by atoms with Gasteiger partial charge in [0.15, 0.2) is 0 Å². The molecule has 1 unspecified atom stereocenters. The summed E-state index contributed by atoms with van der Waals surface area (Å²) in [5.74, 6) is 0.918. The van der Waals surface area contributed by atoms with E-state index in [9.17, 15) is 4.79 Å². The van der Waals surface area contributed by atoms with Crippen molar-refractivity contribution in [2.75, 3.05) is 19.0 Å². The third kappa shape index (κ3) is 2.35. The number of aliphatic hydroxyl groups excluding tert-OH is 1. The maximum Gasteiger partial charge on any atom is 0.223 e. The van der Waals surface area contributed by atoms with Crippen LogP contribution >= 0.6 is 11.6 Å². The third-order valence-corrected chi connectivity index (χ3v) is 2.43. The van der Waals surface area contributed by atoms with Gasteiger partial charge in [0.25, 0.3) is 0 Å². The highest BCUT2D eigenvalue weighted by Gasteiger charge is 2.29. The van der Waals surface area contributed by atoms with E-state index in [4.69, 9.17) is 16.7 Å². The first-order chi connectivity index (χ1) is 5.63. The Hall–Kier alpha value is -0.280. The molecule has 1 aliphatic heterocycles. The van der Waals surface area contributed by atoms with Crippen molar-refractivity contribution in [3.05, 3.63) is 0 Å². The number of carbonyl (C=O) groups is 1. The Morgan fingerprint density at radius 2 is 2.50 bits per heavy atom. The zero-order valence-electron chi connectivity index (χ0n) is 7.16. The number of amides is 1. The number of aliphatic hydroxyl groups is 1. The fraction of sp³-hybridized carbons (Fsp3) is 0.875. The lowest BCUT2D eigenvalue weighted by atomic mass is 10.1. The van der Waals surface area contributed by atoms with E-state index in [2.05, 4.69) is 0 Å². The first-order valence-electron chi connectivity index (χ1n) is 4.15. The molecule has 0 aromatic heterocycles. The van der Waals surface area contributed by atoms with Crippen LogP contribution in [0.25, 0.3) is 0 Å². The molecule has 0 saturated carbocycles. The monoisotopic (exact) mass is 191 g/mol. The molecule has 0 radical (unpaired) electrons. The second-order valence-electron chi connectivity index (χ2n) is 3.37. The number of alkyl halides is 1. The van der Waals surface area contributed by atoms with Gasteiger partial charge in [-0.05, 0) is 12.8 Å². The molecule has 0 spiro atoms. The number of β-amino-alcohol motifs (C(OH)–C–C–N with tert-alkyl or cyclic N) is 1. The maximum absolute atomic E-state index is 11.2. The average Bonchev–Trinajstić information content (AvgIpc) is 2.31. The van der Waals surface area contributed by atoms with E-state index in [-0.39, 0.29) is 11.8 Å². The SMILES string of the molecule is C[C@H](O)CN1CC(CCl)CC1=O. The molecule has 12 heavy (non-hydrogen) atoms. The van der Waals surface area contributed by atoms with Crippen LogP contribution in [0.3, 0.4) is 0 Å². The highest BCUT2D eigenvalue weighted by atomic mass is 35.5. The van der Waals surface area contributed by atoms with Crippen molar-refractivity contribution in [2.45, 2.75) is 19.4 Å². The minimum atomic E-state index is -0.442. The number of rotatable bonds is 3. The van der Waals surface area contributed by atoms with Crippen LogP contribution in [0.5, 0.6) is 0 Å². The van der Waals surface area contributed by atoms with E-state index in [0.29, 0.717) is 25.4 Å². The van der Waals surface area contributed by atoms with Crippen LogP contribution < -0.4 is 0 Å². The van der Waals surface area contributed by atoms with Crippen molar-refractivity contribution in [2.24, 2.45) is 5.92 Å². The normalized spacial score (nSPS) is 26.4. The molecule has 1 amide bonds. The van der Waals surface area contributed by atoms with Crippen LogP contribution in [0.2, 0.25) is 0 Å². The minimum absolute atomic E-state index is 0.113. The van der Waals surface area contributed by atoms with E-state index < -0.39 is 6.10 Å². The lowest BCUT2D eigenvalue weighted by molar-refractivity contribution is -0.128. The Balaban J connectivity index is 2.41. The summed E-state index contributed by atoms with van der Waals surface area (Å²) in [7, 11) is 0. The summed E-state index contributed by atoms with van der Waals surface area (Å²) in [6.45, 7) is 2.82. The molecule has 3 nitrogen and oxygen atoms in total.